The number of carbonyl (C=O) groups excluding carboxylic acids is 1. The number of carbonyl (C=O) groups is 1. The highest BCUT2D eigenvalue weighted by Crippen LogP contribution is 2.37. The highest BCUT2D eigenvalue weighted by molar-refractivity contribution is 7.99. The molecule has 182 valence electrons. The third-order valence-corrected chi connectivity index (χ3v) is 6.52. The summed E-state index contributed by atoms with van der Waals surface area (Å²) < 4.78 is 30.5. The van der Waals surface area contributed by atoms with Crippen molar-refractivity contribution in [2.75, 3.05) is 28.2 Å². The van der Waals surface area contributed by atoms with Crippen molar-refractivity contribution in [1.82, 2.24) is 24.7 Å². The molecule has 0 aliphatic heterocycles. The van der Waals surface area contributed by atoms with E-state index in [1.807, 2.05) is 55.1 Å². The highest BCUT2D eigenvalue weighted by atomic mass is 32.2. The molecular weight excluding hydrogens is 474 g/mol. The number of imidazole rings is 1. The standard InChI is InChI=1S/C23H24F2N8OS/c1-32-9-8-14(31-32)13-6-7-15(17(10-13)33(2)35-3)26-16-11-18(28-23(34)12-4-5-12)27-21-19(16)29-22(30-21)20(24)25/h6-12,20H,4-5H2,1-3H3,(H3,26,27,28,29,30,34). The van der Waals surface area contributed by atoms with Crippen LogP contribution in [0.3, 0.4) is 0 Å². The quantitative estimate of drug-likeness (QED) is 0.290. The molecule has 3 N–H and O–H groups in total. The van der Waals surface area contributed by atoms with Crippen molar-refractivity contribution >= 4 is 51.9 Å². The van der Waals surface area contributed by atoms with E-state index in [0.717, 1.165) is 35.5 Å². The molecule has 1 aromatic carbocycles. The van der Waals surface area contributed by atoms with E-state index in [0.29, 0.717) is 11.2 Å². The fourth-order valence-corrected chi connectivity index (χ4v) is 4.06. The van der Waals surface area contributed by atoms with Gasteiger partial charge in [-0.1, -0.05) is 18.0 Å². The molecule has 0 radical (unpaired) electrons. The van der Waals surface area contributed by atoms with Crippen LogP contribution < -0.4 is 14.9 Å². The summed E-state index contributed by atoms with van der Waals surface area (Å²) in [5, 5.41) is 10.6. The zero-order valence-electron chi connectivity index (χ0n) is 19.3. The number of rotatable bonds is 8. The Morgan fingerprint density at radius 1 is 1.23 bits per heavy atom. The van der Waals surface area contributed by atoms with Crippen LogP contribution in [0.15, 0.2) is 36.5 Å². The van der Waals surface area contributed by atoms with Crippen LogP contribution in [-0.4, -0.2) is 43.9 Å². The molecule has 9 nitrogen and oxygen atoms in total. The number of aryl methyl sites for hydroxylation is 1. The number of benzene rings is 1. The lowest BCUT2D eigenvalue weighted by Crippen LogP contribution is -2.14. The van der Waals surface area contributed by atoms with Crippen LogP contribution in [0, 0.1) is 5.92 Å². The summed E-state index contributed by atoms with van der Waals surface area (Å²) in [5.41, 5.74) is 4.27. The first kappa shape index (κ1) is 23.1. The average molecular weight is 499 g/mol. The van der Waals surface area contributed by atoms with E-state index in [4.69, 9.17) is 0 Å². The van der Waals surface area contributed by atoms with Crippen LogP contribution in [0.2, 0.25) is 0 Å². The van der Waals surface area contributed by atoms with Crippen molar-refractivity contribution in [3.8, 4) is 11.3 Å². The topological polar surface area (TPSA) is 104 Å². The van der Waals surface area contributed by atoms with Gasteiger partial charge in [-0.05, 0) is 31.0 Å². The van der Waals surface area contributed by atoms with E-state index >= 15 is 0 Å². The maximum absolute atomic E-state index is 13.4. The van der Waals surface area contributed by atoms with Gasteiger partial charge in [-0.15, -0.1) is 0 Å². The number of hydrogen-bond donors (Lipinski definition) is 3. The van der Waals surface area contributed by atoms with Crippen molar-refractivity contribution in [1.29, 1.82) is 0 Å². The summed E-state index contributed by atoms with van der Waals surface area (Å²) in [4.78, 5) is 23.2. The summed E-state index contributed by atoms with van der Waals surface area (Å²) in [6.07, 6.45) is 2.73. The molecule has 1 aliphatic rings. The first-order valence-electron chi connectivity index (χ1n) is 11.0. The minimum Gasteiger partial charge on any atom is -0.352 e. The fourth-order valence-electron chi connectivity index (χ4n) is 3.72. The number of fused-ring (bicyclic) bond motifs is 1. The van der Waals surface area contributed by atoms with Gasteiger partial charge in [0.05, 0.1) is 22.8 Å². The number of hydrogen-bond acceptors (Lipinski definition) is 7. The molecule has 3 aromatic heterocycles. The summed E-state index contributed by atoms with van der Waals surface area (Å²) in [6, 6.07) is 9.42. The second kappa shape index (κ2) is 9.17. The highest BCUT2D eigenvalue weighted by Gasteiger charge is 2.30. The molecular formula is C23H24F2N8OS. The molecule has 1 saturated carbocycles. The third kappa shape index (κ3) is 4.78. The van der Waals surface area contributed by atoms with Gasteiger partial charge < -0.3 is 19.9 Å². The van der Waals surface area contributed by atoms with Crippen LogP contribution in [0.25, 0.3) is 22.4 Å². The number of H-pyrrole nitrogens is 1. The van der Waals surface area contributed by atoms with E-state index < -0.39 is 12.2 Å². The molecule has 35 heavy (non-hydrogen) atoms. The minimum absolute atomic E-state index is 0.0271. The summed E-state index contributed by atoms with van der Waals surface area (Å²) >= 11 is 1.52. The number of aromatic nitrogens is 5. The van der Waals surface area contributed by atoms with Gasteiger partial charge in [-0.2, -0.15) is 5.10 Å². The Hall–Kier alpha value is -3.67. The van der Waals surface area contributed by atoms with Crippen molar-refractivity contribution < 1.29 is 13.6 Å². The lowest BCUT2D eigenvalue weighted by Gasteiger charge is -2.21. The molecule has 0 saturated heterocycles. The molecule has 3 heterocycles. The zero-order chi connectivity index (χ0) is 24.7. The number of aromatic amines is 1. The van der Waals surface area contributed by atoms with Gasteiger partial charge in [0.2, 0.25) is 5.91 Å². The fraction of sp³-hybridized carbons (Fsp3) is 0.304. The third-order valence-electron chi connectivity index (χ3n) is 5.78. The molecule has 5 rings (SSSR count). The molecule has 0 atom stereocenters. The van der Waals surface area contributed by atoms with Gasteiger partial charge in [-0.3, -0.25) is 9.48 Å². The number of anilines is 4. The lowest BCUT2D eigenvalue weighted by atomic mass is 10.1. The maximum atomic E-state index is 13.4. The van der Waals surface area contributed by atoms with Gasteiger partial charge in [0.15, 0.2) is 11.5 Å². The van der Waals surface area contributed by atoms with E-state index in [2.05, 4.69) is 30.7 Å². The number of pyridine rings is 1. The molecule has 0 unspecified atom stereocenters. The Kier molecular flexibility index (Phi) is 6.05. The SMILES string of the molecule is CSN(C)c1cc(-c2ccn(C)n2)ccc1Nc1cc(NC(=O)C2CC2)nc2nc(C(F)F)[nH]c12. The van der Waals surface area contributed by atoms with Crippen molar-refractivity contribution in [3.05, 3.63) is 42.4 Å². The van der Waals surface area contributed by atoms with Gasteiger partial charge in [-0.25, -0.2) is 18.7 Å². The Balaban J connectivity index is 1.56. The maximum Gasteiger partial charge on any atom is 0.295 e. The average Bonchev–Trinajstić information content (AvgIpc) is 3.46. The molecule has 1 fully saturated rings. The number of alkyl halides is 2. The largest absolute Gasteiger partial charge is 0.352 e. The second-order valence-electron chi connectivity index (χ2n) is 8.35. The smallest absolute Gasteiger partial charge is 0.295 e. The van der Waals surface area contributed by atoms with Gasteiger partial charge in [0.25, 0.3) is 6.43 Å². The summed E-state index contributed by atoms with van der Waals surface area (Å²) in [7, 11) is 3.79. The van der Waals surface area contributed by atoms with E-state index in [1.165, 1.54) is 11.9 Å². The van der Waals surface area contributed by atoms with E-state index in [9.17, 15) is 13.6 Å². The van der Waals surface area contributed by atoms with Crippen molar-refractivity contribution in [3.63, 3.8) is 0 Å². The first-order chi connectivity index (χ1) is 16.8. The normalized spacial score (nSPS) is 13.4. The van der Waals surface area contributed by atoms with Gasteiger partial charge in [0.1, 0.15) is 11.3 Å². The molecule has 0 spiro atoms. The molecule has 0 bridgehead atoms. The number of nitrogens with one attached hydrogen (secondary N) is 3. The van der Waals surface area contributed by atoms with Crippen molar-refractivity contribution in [2.45, 2.75) is 19.3 Å². The monoisotopic (exact) mass is 498 g/mol. The summed E-state index contributed by atoms with van der Waals surface area (Å²) in [5.74, 6) is -0.377. The first-order valence-corrected chi connectivity index (χ1v) is 12.2. The zero-order valence-corrected chi connectivity index (χ0v) is 20.2. The Morgan fingerprint density at radius 2 is 2.03 bits per heavy atom. The Bertz CT molecular complexity index is 1400. The predicted molar refractivity (Wildman–Crippen MR) is 134 cm³/mol. The molecule has 4 aromatic rings. The van der Waals surface area contributed by atoms with Crippen LogP contribution in [-0.2, 0) is 11.8 Å². The van der Waals surface area contributed by atoms with Crippen molar-refractivity contribution in [2.24, 2.45) is 13.0 Å². The number of halogens is 2. The van der Waals surface area contributed by atoms with Gasteiger partial charge in [0, 0.05) is 44.1 Å². The predicted octanol–water partition coefficient (Wildman–Crippen LogP) is 5.10. The Morgan fingerprint density at radius 3 is 2.69 bits per heavy atom. The minimum atomic E-state index is -2.78. The van der Waals surface area contributed by atoms with Gasteiger partial charge >= 0.3 is 0 Å². The van der Waals surface area contributed by atoms with E-state index in [-0.39, 0.29) is 23.3 Å². The molecule has 1 aliphatic carbocycles. The molecule has 1 amide bonds. The second-order valence-corrected chi connectivity index (χ2v) is 9.26. The number of amides is 1. The molecule has 12 heteroatoms. The van der Waals surface area contributed by atoms with Crippen LogP contribution in [0.5, 0.6) is 0 Å². The van der Waals surface area contributed by atoms with Crippen LogP contribution in [0.4, 0.5) is 31.7 Å². The number of nitrogens with zero attached hydrogens (tertiary/aromatic N) is 5. The summed E-state index contributed by atoms with van der Waals surface area (Å²) in [6.45, 7) is 0. The van der Waals surface area contributed by atoms with Crippen LogP contribution >= 0.6 is 11.9 Å². The van der Waals surface area contributed by atoms with Crippen LogP contribution in [0.1, 0.15) is 25.1 Å². The lowest BCUT2D eigenvalue weighted by molar-refractivity contribution is -0.117. The Labute approximate surface area is 204 Å². The van der Waals surface area contributed by atoms with E-state index in [1.54, 1.807) is 10.7 Å².